The summed E-state index contributed by atoms with van der Waals surface area (Å²) in [6, 6.07) is 1.75. The van der Waals surface area contributed by atoms with Crippen molar-refractivity contribution in [1.82, 2.24) is 19.3 Å². The fourth-order valence-electron chi connectivity index (χ4n) is 1.87. The van der Waals surface area contributed by atoms with Crippen LogP contribution in [0.5, 0.6) is 0 Å². The minimum Gasteiger partial charge on any atom is -0.481 e. The van der Waals surface area contributed by atoms with Gasteiger partial charge in [-0.2, -0.15) is 5.10 Å². The first-order chi connectivity index (χ1) is 10.1. The van der Waals surface area contributed by atoms with Gasteiger partial charge in [-0.15, -0.1) is 11.3 Å². The fourth-order valence-corrected chi connectivity index (χ4v) is 3.36. The average molecular weight is 322 g/mol. The van der Waals surface area contributed by atoms with Crippen molar-refractivity contribution in [2.75, 3.05) is 5.75 Å². The maximum atomic E-state index is 12.6. The molecule has 3 heterocycles. The molecule has 7 nitrogen and oxygen atoms in total. The molecule has 0 aliphatic carbocycles. The number of aromatic nitrogens is 4. The van der Waals surface area contributed by atoms with E-state index in [0.717, 1.165) is 11.8 Å². The lowest BCUT2D eigenvalue weighted by Crippen LogP contribution is -2.21. The van der Waals surface area contributed by atoms with E-state index in [1.165, 1.54) is 15.9 Å². The lowest BCUT2D eigenvalue weighted by atomic mass is 10.4. The zero-order chi connectivity index (χ0) is 15.0. The van der Waals surface area contributed by atoms with Crippen molar-refractivity contribution < 1.29 is 9.90 Å². The highest BCUT2D eigenvalue weighted by molar-refractivity contribution is 7.99. The minimum absolute atomic E-state index is 0.164. The highest BCUT2D eigenvalue weighted by Gasteiger charge is 2.16. The van der Waals surface area contributed by atoms with E-state index in [-0.39, 0.29) is 11.3 Å². The number of carboxylic acids is 1. The zero-order valence-electron chi connectivity index (χ0n) is 10.9. The van der Waals surface area contributed by atoms with Crippen molar-refractivity contribution in [2.24, 2.45) is 7.05 Å². The van der Waals surface area contributed by atoms with Crippen molar-refractivity contribution in [3.05, 3.63) is 34.2 Å². The van der Waals surface area contributed by atoms with Crippen LogP contribution in [0.25, 0.3) is 15.9 Å². The molecule has 0 amide bonds. The van der Waals surface area contributed by atoms with Crippen molar-refractivity contribution in [2.45, 2.75) is 5.16 Å². The van der Waals surface area contributed by atoms with Gasteiger partial charge in [0.15, 0.2) is 5.16 Å². The van der Waals surface area contributed by atoms with E-state index in [4.69, 9.17) is 5.11 Å². The van der Waals surface area contributed by atoms with Gasteiger partial charge in [0.1, 0.15) is 4.70 Å². The molecular formula is C12H10N4O3S2. The summed E-state index contributed by atoms with van der Waals surface area (Å²) >= 11 is 2.33. The van der Waals surface area contributed by atoms with Gasteiger partial charge in [-0.25, -0.2) is 4.98 Å². The smallest absolute Gasteiger partial charge is 0.313 e. The molecule has 1 N–H and O–H groups in total. The lowest BCUT2D eigenvalue weighted by molar-refractivity contribution is -0.133. The van der Waals surface area contributed by atoms with Crippen LogP contribution in [0.3, 0.4) is 0 Å². The van der Waals surface area contributed by atoms with Crippen molar-refractivity contribution in [1.29, 1.82) is 0 Å². The molecule has 0 saturated carbocycles. The molecular weight excluding hydrogens is 312 g/mol. The number of aryl methyl sites for hydroxylation is 1. The van der Waals surface area contributed by atoms with Crippen LogP contribution in [0.15, 0.2) is 33.8 Å². The molecule has 0 aliphatic rings. The summed E-state index contributed by atoms with van der Waals surface area (Å²) in [6.45, 7) is 0. The van der Waals surface area contributed by atoms with Gasteiger partial charge in [0.2, 0.25) is 0 Å². The second kappa shape index (κ2) is 5.34. The van der Waals surface area contributed by atoms with Crippen LogP contribution in [-0.4, -0.2) is 36.2 Å². The first-order valence-corrected chi connectivity index (χ1v) is 7.76. The van der Waals surface area contributed by atoms with Crippen molar-refractivity contribution >= 4 is 39.3 Å². The van der Waals surface area contributed by atoms with Crippen LogP contribution in [-0.2, 0) is 11.8 Å². The number of thiophene rings is 1. The van der Waals surface area contributed by atoms with Gasteiger partial charge in [0.25, 0.3) is 5.56 Å². The number of hydrogen-bond acceptors (Lipinski definition) is 6. The molecule has 0 fully saturated rings. The van der Waals surface area contributed by atoms with Gasteiger partial charge in [-0.3, -0.25) is 18.8 Å². The largest absolute Gasteiger partial charge is 0.481 e. The Morgan fingerprint density at radius 3 is 3.00 bits per heavy atom. The predicted molar refractivity (Wildman–Crippen MR) is 80.3 cm³/mol. The predicted octanol–water partition coefficient (Wildman–Crippen LogP) is 1.36. The topological polar surface area (TPSA) is 90.0 Å². The van der Waals surface area contributed by atoms with Crippen LogP contribution >= 0.6 is 23.1 Å². The third-order valence-corrected chi connectivity index (χ3v) is 4.54. The molecule has 108 valence electrons. The average Bonchev–Trinajstić information content (AvgIpc) is 3.05. The molecule has 0 spiro atoms. The van der Waals surface area contributed by atoms with Gasteiger partial charge < -0.3 is 5.11 Å². The Morgan fingerprint density at radius 1 is 1.52 bits per heavy atom. The SMILES string of the molecule is Cn1cc(-n2c(SCC(=O)O)nc3ccsc3c2=O)cn1. The summed E-state index contributed by atoms with van der Waals surface area (Å²) in [5.41, 5.74) is 0.937. The molecule has 0 saturated heterocycles. The number of hydrogen-bond donors (Lipinski definition) is 1. The number of aliphatic carboxylic acids is 1. The Morgan fingerprint density at radius 2 is 2.33 bits per heavy atom. The van der Waals surface area contributed by atoms with Crippen LogP contribution in [0, 0.1) is 0 Å². The first kappa shape index (κ1) is 13.8. The summed E-state index contributed by atoms with van der Waals surface area (Å²) < 4.78 is 3.52. The molecule has 0 radical (unpaired) electrons. The molecule has 0 aromatic carbocycles. The van der Waals surface area contributed by atoms with Gasteiger partial charge >= 0.3 is 5.97 Å². The number of rotatable bonds is 4. The molecule has 9 heteroatoms. The third-order valence-electron chi connectivity index (χ3n) is 2.72. The van der Waals surface area contributed by atoms with E-state index in [1.807, 2.05) is 0 Å². The van der Waals surface area contributed by atoms with Crippen molar-refractivity contribution in [3.8, 4) is 5.69 Å². The number of fused-ring (bicyclic) bond motifs is 1. The Balaban J connectivity index is 2.22. The lowest BCUT2D eigenvalue weighted by Gasteiger charge is -2.08. The maximum absolute atomic E-state index is 12.6. The molecule has 3 aromatic heterocycles. The highest BCUT2D eigenvalue weighted by atomic mass is 32.2. The van der Waals surface area contributed by atoms with Crippen LogP contribution in [0.2, 0.25) is 0 Å². The highest BCUT2D eigenvalue weighted by Crippen LogP contribution is 2.23. The van der Waals surface area contributed by atoms with Crippen LogP contribution < -0.4 is 5.56 Å². The van der Waals surface area contributed by atoms with E-state index in [1.54, 1.807) is 35.6 Å². The quantitative estimate of drug-likeness (QED) is 0.576. The van der Waals surface area contributed by atoms with Gasteiger partial charge in [-0.05, 0) is 11.4 Å². The molecule has 21 heavy (non-hydrogen) atoms. The zero-order valence-corrected chi connectivity index (χ0v) is 12.5. The van der Waals surface area contributed by atoms with Crippen LogP contribution in [0.4, 0.5) is 0 Å². The molecule has 0 bridgehead atoms. The Labute approximate surface area is 126 Å². The number of carboxylic acid groups (broad SMARTS) is 1. The van der Waals surface area contributed by atoms with E-state index < -0.39 is 5.97 Å². The number of carbonyl (C=O) groups is 1. The summed E-state index contributed by atoms with van der Waals surface area (Å²) in [6.07, 6.45) is 3.24. The summed E-state index contributed by atoms with van der Waals surface area (Å²) in [5.74, 6) is -1.13. The van der Waals surface area contributed by atoms with E-state index in [2.05, 4.69) is 10.1 Å². The Kier molecular flexibility index (Phi) is 3.52. The third kappa shape index (κ3) is 2.57. The first-order valence-electron chi connectivity index (χ1n) is 5.90. The Hall–Kier alpha value is -2.13. The second-order valence-corrected chi connectivity index (χ2v) is 6.08. The fraction of sp³-hybridized carbons (Fsp3) is 0.167. The number of nitrogens with zero attached hydrogens (tertiary/aromatic N) is 4. The molecule has 0 unspecified atom stereocenters. The standard InChI is InChI=1S/C12H10N4O3S2/c1-15-5-7(4-13-15)16-11(19)10-8(2-3-20-10)14-12(16)21-6-9(17)18/h2-5H,6H2,1H3,(H,17,18). The molecule has 3 aromatic rings. The maximum Gasteiger partial charge on any atom is 0.313 e. The summed E-state index contributed by atoms with van der Waals surface area (Å²) in [7, 11) is 1.75. The van der Waals surface area contributed by atoms with Gasteiger partial charge in [0.05, 0.1) is 23.2 Å². The summed E-state index contributed by atoms with van der Waals surface area (Å²) in [5, 5.41) is 15.0. The molecule has 0 atom stereocenters. The van der Waals surface area contributed by atoms with E-state index in [9.17, 15) is 9.59 Å². The normalized spacial score (nSPS) is 11.1. The van der Waals surface area contributed by atoms with E-state index in [0.29, 0.717) is 21.1 Å². The monoisotopic (exact) mass is 322 g/mol. The summed E-state index contributed by atoms with van der Waals surface area (Å²) in [4.78, 5) is 27.8. The van der Waals surface area contributed by atoms with Crippen molar-refractivity contribution in [3.63, 3.8) is 0 Å². The Bertz CT molecular complexity index is 880. The number of thioether (sulfide) groups is 1. The van der Waals surface area contributed by atoms with Gasteiger partial charge in [0, 0.05) is 13.2 Å². The van der Waals surface area contributed by atoms with E-state index >= 15 is 0 Å². The molecule has 3 rings (SSSR count). The second-order valence-electron chi connectivity index (χ2n) is 4.22. The van der Waals surface area contributed by atoms with Gasteiger partial charge in [-0.1, -0.05) is 11.8 Å². The minimum atomic E-state index is -0.961. The van der Waals surface area contributed by atoms with Crippen LogP contribution in [0.1, 0.15) is 0 Å². The molecule has 0 aliphatic heterocycles.